The van der Waals surface area contributed by atoms with Gasteiger partial charge in [0.05, 0.1) is 11.1 Å². The molecule has 1 heterocycles. The molecule has 3 aromatic rings. The van der Waals surface area contributed by atoms with Gasteiger partial charge in [-0.3, -0.25) is 4.79 Å². The van der Waals surface area contributed by atoms with Crippen LogP contribution >= 0.6 is 23.2 Å². The van der Waals surface area contributed by atoms with Crippen molar-refractivity contribution in [3.63, 3.8) is 0 Å². The van der Waals surface area contributed by atoms with E-state index >= 15 is 0 Å². The molecule has 7 heteroatoms. The molecule has 26 heavy (non-hydrogen) atoms. The van der Waals surface area contributed by atoms with E-state index in [1.54, 1.807) is 48.5 Å². The van der Waals surface area contributed by atoms with E-state index in [0.717, 1.165) is 0 Å². The van der Waals surface area contributed by atoms with Crippen LogP contribution in [0.1, 0.15) is 17.3 Å². The molecule has 0 saturated carbocycles. The van der Waals surface area contributed by atoms with Crippen LogP contribution in [0.15, 0.2) is 54.6 Å². The molecule has 1 amide bonds. The van der Waals surface area contributed by atoms with Crippen molar-refractivity contribution in [2.45, 2.75) is 13.0 Å². The van der Waals surface area contributed by atoms with Crippen molar-refractivity contribution < 1.29 is 14.3 Å². The number of nitrogens with zero attached hydrogens (tertiary/aromatic N) is 1. The largest absolute Gasteiger partial charge is 0.449 e. The van der Waals surface area contributed by atoms with Gasteiger partial charge in [0.1, 0.15) is 5.15 Å². The number of hydrogen-bond acceptors (Lipinski definition) is 4. The van der Waals surface area contributed by atoms with Gasteiger partial charge >= 0.3 is 5.97 Å². The van der Waals surface area contributed by atoms with E-state index in [1.807, 2.05) is 0 Å². The van der Waals surface area contributed by atoms with Gasteiger partial charge in [-0.2, -0.15) is 0 Å². The van der Waals surface area contributed by atoms with Crippen LogP contribution in [0.2, 0.25) is 10.2 Å². The summed E-state index contributed by atoms with van der Waals surface area (Å²) in [5.41, 5.74) is 1.39. The predicted molar refractivity (Wildman–Crippen MR) is 102 cm³/mol. The molecule has 0 aliphatic rings. The van der Waals surface area contributed by atoms with E-state index in [-0.39, 0.29) is 10.7 Å². The van der Waals surface area contributed by atoms with Gasteiger partial charge in [-0.25, -0.2) is 9.78 Å². The minimum atomic E-state index is -0.996. The highest BCUT2D eigenvalue weighted by Gasteiger charge is 2.21. The Morgan fingerprint density at radius 1 is 1.08 bits per heavy atom. The summed E-state index contributed by atoms with van der Waals surface area (Å²) in [5, 5.41) is 4.00. The molecule has 0 bridgehead atoms. The van der Waals surface area contributed by atoms with Crippen LogP contribution in [-0.4, -0.2) is 23.0 Å². The smallest absolute Gasteiger partial charge is 0.339 e. The highest BCUT2D eigenvalue weighted by Crippen LogP contribution is 2.22. The molecule has 0 radical (unpaired) electrons. The topological polar surface area (TPSA) is 68.3 Å². The number of carbonyl (C=O) groups is 2. The van der Waals surface area contributed by atoms with Gasteiger partial charge < -0.3 is 10.1 Å². The Morgan fingerprint density at radius 2 is 1.77 bits per heavy atom. The number of nitrogens with one attached hydrogen (secondary N) is 1. The Morgan fingerprint density at radius 3 is 2.50 bits per heavy atom. The SMILES string of the molecule is C[C@@H](OC(=O)c1cc(Cl)nc2ccccc12)C(=O)Nc1ccc(Cl)cc1. The summed E-state index contributed by atoms with van der Waals surface area (Å²) in [6.45, 7) is 1.49. The van der Waals surface area contributed by atoms with Gasteiger partial charge in [0.25, 0.3) is 5.91 Å². The molecule has 0 saturated heterocycles. The predicted octanol–water partition coefficient (Wildman–Crippen LogP) is 4.73. The van der Waals surface area contributed by atoms with Crippen molar-refractivity contribution >= 4 is 51.7 Å². The lowest BCUT2D eigenvalue weighted by Gasteiger charge is -2.14. The van der Waals surface area contributed by atoms with Gasteiger partial charge in [0.15, 0.2) is 6.10 Å². The molecule has 5 nitrogen and oxygen atoms in total. The number of esters is 1. The van der Waals surface area contributed by atoms with Crippen LogP contribution < -0.4 is 5.32 Å². The fourth-order valence-electron chi connectivity index (χ4n) is 2.37. The summed E-state index contributed by atoms with van der Waals surface area (Å²) >= 11 is 11.8. The Hall–Kier alpha value is -2.63. The number of anilines is 1. The first-order valence-electron chi connectivity index (χ1n) is 7.77. The molecule has 0 fully saturated rings. The lowest BCUT2D eigenvalue weighted by molar-refractivity contribution is -0.123. The minimum absolute atomic E-state index is 0.175. The van der Waals surface area contributed by atoms with Crippen LogP contribution in [0, 0.1) is 0 Å². The Bertz CT molecular complexity index is 974. The second kappa shape index (κ2) is 7.72. The summed E-state index contributed by atoms with van der Waals surface area (Å²) < 4.78 is 5.29. The summed E-state index contributed by atoms with van der Waals surface area (Å²) in [6.07, 6.45) is -0.996. The molecule has 0 aliphatic carbocycles. The number of aromatic nitrogens is 1. The van der Waals surface area contributed by atoms with Crippen molar-refractivity contribution in [2.24, 2.45) is 0 Å². The number of hydrogen-bond donors (Lipinski definition) is 1. The van der Waals surface area contributed by atoms with E-state index in [4.69, 9.17) is 27.9 Å². The van der Waals surface area contributed by atoms with Crippen LogP contribution in [0.25, 0.3) is 10.9 Å². The van der Waals surface area contributed by atoms with Crippen molar-refractivity contribution in [1.29, 1.82) is 0 Å². The normalized spacial score (nSPS) is 11.8. The van der Waals surface area contributed by atoms with Crippen molar-refractivity contribution in [3.05, 3.63) is 70.3 Å². The zero-order valence-electron chi connectivity index (χ0n) is 13.7. The first-order chi connectivity index (χ1) is 12.4. The molecule has 2 aromatic carbocycles. The van der Waals surface area contributed by atoms with E-state index in [1.165, 1.54) is 13.0 Å². The second-order valence-electron chi connectivity index (χ2n) is 5.55. The van der Waals surface area contributed by atoms with Crippen molar-refractivity contribution in [3.8, 4) is 0 Å². The number of para-hydroxylation sites is 1. The number of fused-ring (bicyclic) bond motifs is 1. The van der Waals surface area contributed by atoms with Crippen molar-refractivity contribution in [2.75, 3.05) is 5.32 Å². The molecule has 0 aliphatic heterocycles. The number of halogens is 2. The monoisotopic (exact) mass is 388 g/mol. The third-order valence-corrected chi connectivity index (χ3v) is 4.12. The summed E-state index contributed by atoms with van der Waals surface area (Å²) in [7, 11) is 0. The van der Waals surface area contributed by atoms with E-state index in [2.05, 4.69) is 10.3 Å². The zero-order valence-corrected chi connectivity index (χ0v) is 15.2. The Labute approximate surface area is 159 Å². The summed E-state index contributed by atoms with van der Waals surface area (Å²) in [4.78, 5) is 28.9. The number of rotatable bonds is 4. The number of pyridine rings is 1. The Kier molecular flexibility index (Phi) is 5.40. The molecule has 132 valence electrons. The summed E-state index contributed by atoms with van der Waals surface area (Å²) in [5.74, 6) is -1.10. The maximum absolute atomic E-state index is 12.5. The third-order valence-electron chi connectivity index (χ3n) is 3.67. The van der Waals surface area contributed by atoms with Crippen LogP contribution in [0.3, 0.4) is 0 Å². The fourth-order valence-corrected chi connectivity index (χ4v) is 2.69. The highest BCUT2D eigenvalue weighted by molar-refractivity contribution is 6.31. The Balaban J connectivity index is 1.75. The number of carbonyl (C=O) groups excluding carboxylic acids is 2. The van der Waals surface area contributed by atoms with E-state index < -0.39 is 18.0 Å². The van der Waals surface area contributed by atoms with Gasteiger partial charge in [-0.1, -0.05) is 41.4 Å². The molecule has 0 unspecified atom stereocenters. The molecule has 3 rings (SSSR count). The maximum Gasteiger partial charge on any atom is 0.339 e. The number of benzene rings is 2. The van der Waals surface area contributed by atoms with Gasteiger partial charge in [-0.15, -0.1) is 0 Å². The van der Waals surface area contributed by atoms with Crippen molar-refractivity contribution in [1.82, 2.24) is 4.98 Å². The average Bonchev–Trinajstić information content (AvgIpc) is 2.62. The lowest BCUT2D eigenvalue weighted by Crippen LogP contribution is -2.30. The van der Waals surface area contributed by atoms with Crippen LogP contribution in [-0.2, 0) is 9.53 Å². The first-order valence-corrected chi connectivity index (χ1v) is 8.52. The van der Waals surface area contributed by atoms with E-state index in [0.29, 0.717) is 21.6 Å². The zero-order chi connectivity index (χ0) is 18.7. The molecule has 1 N–H and O–H groups in total. The number of amides is 1. The van der Waals surface area contributed by atoms with Gasteiger partial charge in [0, 0.05) is 16.1 Å². The minimum Gasteiger partial charge on any atom is -0.449 e. The molecule has 1 atom stereocenters. The quantitative estimate of drug-likeness (QED) is 0.518. The number of ether oxygens (including phenoxy) is 1. The fraction of sp³-hybridized carbons (Fsp3) is 0.105. The van der Waals surface area contributed by atoms with E-state index in [9.17, 15) is 9.59 Å². The van der Waals surface area contributed by atoms with Crippen LogP contribution in [0.5, 0.6) is 0 Å². The van der Waals surface area contributed by atoms with Crippen LogP contribution in [0.4, 0.5) is 5.69 Å². The third kappa shape index (κ3) is 4.12. The first kappa shape index (κ1) is 18.2. The van der Waals surface area contributed by atoms with Gasteiger partial charge in [0.2, 0.25) is 0 Å². The highest BCUT2D eigenvalue weighted by atomic mass is 35.5. The lowest BCUT2D eigenvalue weighted by atomic mass is 10.1. The second-order valence-corrected chi connectivity index (χ2v) is 6.38. The van der Waals surface area contributed by atoms with Gasteiger partial charge in [-0.05, 0) is 43.3 Å². The average molecular weight is 389 g/mol. The molecular weight excluding hydrogens is 375 g/mol. The standard InChI is InChI=1S/C19H14Cl2N2O3/c1-11(18(24)22-13-8-6-12(20)7-9-13)26-19(25)15-10-17(21)23-16-5-3-2-4-14(15)16/h2-11H,1H3,(H,22,24)/t11-/m1/s1. The molecule has 0 spiro atoms. The molecule has 1 aromatic heterocycles. The molecular formula is C19H14Cl2N2O3. The summed E-state index contributed by atoms with van der Waals surface area (Å²) in [6, 6.07) is 15.1. The maximum atomic E-state index is 12.5.